The first-order chi connectivity index (χ1) is 29.3. The van der Waals surface area contributed by atoms with Gasteiger partial charge in [0.1, 0.15) is 0 Å². The molecule has 0 atom stereocenters. The minimum absolute atomic E-state index is 0.134. The summed E-state index contributed by atoms with van der Waals surface area (Å²) in [5.74, 6) is 0. The third-order valence-corrected chi connectivity index (χ3v) is 14.8. The van der Waals surface area contributed by atoms with Gasteiger partial charge in [-0.25, -0.2) is 0 Å². The Labute approximate surface area is 355 Å². The fourth-order valence-electron chi connectivity index (χ4n) is 10.7. The largest absolute Gasteiger partial charge is 0.310 e. The molecule has 286 valence electrons. The van der Waals surface area contributed by atoms with Crippen molar-refractivity contribution in [2.24, 2.45) is 0 Å². The standard InChI is InChI=1S/C58H43NS/c1-57(2)49-23-12-10-19-44(49)45-31-30-41(35-51(45)57)59(40-28-25-37(26-29-40)43-21-14-22-47-46-20-11-13-24-53(46)60-56(43)47)52-34-39-17-8-9-18-42(39)55-54(52)48-33-38(36-15-6-5-7-16-36)27-32-50(48)58(55,3)4/h5-35H,1-4H3. The van der Waals surface area contributed by atoms with E-state index >= 15 is 0 Å². The number of anilines is 3. The van der Waals surface area contributed by atoms with E-state index in [-0.39, 0.29) is 10.8 Å². The number of hydrogen-bond acceptors (Lipinski definition) is 2. The van der Waals surface area contributed by atoms with Gasteiger partial charge in [0.2, 0.25) is 0 Å². The fraction of sp³-hybridized carbons (Fsp3) is 0.103. The lowest BCUT2D eigenvalue weighted by atomic mass is 9.79. The van der Waals surface area contributed by atoms with Crippen LogP contribution in [0.25, 0.3) is 75.5 Å². The van der Waals surface area contributed by atoms with Crippen LogP contribution in [-0.4, -0.2) is 0 Å². The zero-order valence-corrected chi connectivity index (χ0v) is 35.1. The highest BCUT2D eigenvalue weighted by atomic mass is 32.1. The normalized spacial score (nSPS) is 14.3. The van der Waals surface area contributed by atoms with Crippen LogP contribution in [0.5, 0.6) is 0 Å². The van der Waals surface area contributed by atoms with Gasteiger partial charge in [-0.05, 0) is 114 Å². The summed E-state index contributed by atoms with van der Waals surface area (Å²) in [7, 11) is 0. The summed E-state index contributed by atoms with van der Waals surface area (Å²) in [5, 5.41) is 5.22. The minimum Gasteiger partial charge on any atom is -0.310 e. The Hall–Kier alpha value is -6.74. The van der Waals surface area contributed by atoms with Crippen LogP contribution in [-0.2, 0) is 10.8 Å². The highest BCUT2D eigenvalue weighted by molar-refractivity contribution is 7.26. The second-order valence-corrected chi connectivity index (χ2v) is 18.7. The van der Waals surface area contributed by atoms with Gasteiger partial charge in [0.25, 0.3) is 0 Å². The monoisotopic (exact) mass is 785 g/mol. The Balaban J connectivity index is 1.11. The van der Waals surface area contributed by atoms with Crippen molar-refractivity contribution in [1.82, 2.24) is 0 Å². The molecule has 0 spiro atoms. The van der Waals surface area contributed by atoms with Crippen LogP contribution in [0.15, 0.2) is 188 Å². The molecular weight excluding hydrogens is 743 g/mol. The molecule has 0 unspecified atom stereocenters. The van der Waals surface area contributed by atoms with E-state index in [0.717, 1.165) is 11.4 Å². The molecule has 0 saturated carbocycles. The molecule has 1 heterocycles. The van der Waals surface area contributed by atoms with E-state index < -0.39 is 0 Å². The summed E-state index contributed by atoms with van der Waals surface area (Å²) >= 11 is 1.89. The molecule has 0 saturated heterocycles. The second kappa shape index (κ2) is 12.9. The fourth-order valence-corrected chi connectivity index (χ4v) is 11.9. The lowest BCUT2D eigenvalue weighted by molar-refractivity contribution is 0.660. The third kappa shape index (κ3) is 5.04. The van der Waals surface area contributed by atoms with Crippen LogP contribution < -0.4 is 4.90 Å². The van der Waals surface area contributed by atoms with E-state index in [9.17, 15) is 0 Å². The maximum Gasteiger partial charge on any atom is 0.0549 e. The van der Waals surface area contributed by atoms with Crippen molar-refractivity contribution >= 4 is 59.3 Å². The van der Waals surface area contributed by atoms with Crippen LogP contribution in [0.4, 0.5) is 17.1 Å². The molecule has 0 amide bonds. The molecule has 1 nitrogen and oxygen atoms in total. The molecule has 2 aliphatic rings. The molecule has 0 aliphatic heterocycles. The molecular formula is C58H43NS. The van der Waals surface area contributed by atoms with Crippen molar-refractivity contribution in [2.75, 3.05) is 4.90 Å². The molecule has 0 fully saturated rings. The van der Waals surface area contributed by atoms with Gasteiger partial charge in [0.15, 0.2) is 0 Å². The first kappa shape index (κ1) is 35.2. The van der Waals surface area contributed by atoms with Gasteiger partial charge >= 0.3 is 0 Å². The van der Waals surface area contributed by atoms with Crippen molar-refractivity contribution in [1.29, 1.82) is 0 Å². The van der Waals surface area contributed by atoms with Crippen LogP contribution in [0.3, 0.4) is 0 Å². The van der Waals surface area contributed by atoms with E-state index in [0.29, 0.717) is 0 Å². The van der Waals surface area contributed by atoms with Crippen LogP contribution in [0.1, 0.15) is 49.9 Å². The zero-order chi connectivity index (χ0) is 40.3. The summed E-state index contributed by atoms with van der Waals surface area (Å²) < 4.78 is 2.66. The SMILES string of the molecule is CC1(C)c2ccccc2-c2ccc(N(c3ccc(-c4cccc5c4sc4ccccc45)cc3)c3cc4ccccc4c4c3-c3cc(-c5ccccc5)ccc3C4(C)C)cc21. The average molecular weight is 786 g/mol. The predicted molar refractivity (Wildman–Crippen MR) is 258 cm³/mol. The lowest BCUT2D eigenvalue weighted by Crippen LogP contribution is -2.18. The zero-order valence-electron chi connectivity index (χ0n) is 34.3. The average Bonchev–Trinajstić information content (AvgIpc) is 3.87. The summed E-state index contributed by atoms with van der Waals surface area (Å²) in [4.78, 5) is 2.55. The van der Waals surface area contributed by atoms with E-state index in [1.807, 2.05) is 11.3 Å². The van der Waals surface area contributed by atoms with Gasteiger partial charge in [-0.15, -0.1) is 11.3 Å². The van der Waals surface area contributed by atoms with Gasteiger partial charge in [0.05, 0.1) is 5.69 Å². The van der Waals surface area contributed by atoms with Crippen LogP contribution in [0.2, 0.25) is 0 Å². The first-order valence-corrected chi connectivity index (χ1v) is 21.9. The van der Waals surface area contributed by atoms with Crippen LogP contribution in [0, 0.1) is 0 Å². The summed E-state index contributed by atoms with van der Waals surface area (Å²) in [6.45, 7) is 9.59. The number of fused-ring (bicyclic) bond motifs is 11. The topological polar surface area (TPSA) is 3.24 Å². The van der Waals surface area contributed by atoms with Gasteiger partial charge in [0, 0.05) is 47.9 Å². The number of nitrogens with zero attached hydrogens (tertiary/aromatic N) is 1. The highest BCUT2D eigenvalue weighted by Crippen LogP contribution is 2.58. The maximum atomic E-state index is 2.55. The van der Waals surface area contributed by atoms with E-state index in [4.69, 9.17) is 0 Å². The highest BCUT2D eigenvalue weighted by Gasteiger charge is 2.41. The third-order valence-electron chi connectivity index (χ3n) is 13.6. The summed E-state index contributed by atoms with van der Waals surface area (Å²) in [6, 6.07) is 70.5. The van der Waals surface area contributed by atoms with Gasteiger partial charge in [-0.1, -0.05) is 173 Å². The predicted octanol–water partition coefficient (Wildman–Crippen LogP) is 16.6. The maximum absolute atomic E-state index is 2.55. The molecule has 0 N–H and O–H groups in total. The number of benzene rings is 9. The van der Waals surface area contributed by atoms with Crippen LogP contribution >= 0.6 is 11.3 Å². The Morgan fingerprint density at radius 2 is 1.05 bits per heavy atom. The first-order valence-electron chi connectivity index (χ1n) is 21.1. The molecule has 2 heteroatoms. The molecule has 12 rings (SSSR count). The molecule has 60 heavy (non-hydrogen) atoms. The lowest BCUT2D eigenvalue weighted by Gasteiger charge is -2.31. The van der Waals surface area contributed by atoms with Gasteiger partial charge < -0.3 is 4.90 Å². The quantitative estimate of drug-likeness (QED) is 0.168. The molecule has 10 aromatic rings. The molecule has 0 radical (unpaired) electrons. The summed E-state index contributed by atoms with van der Waals surface area (Å²) in [6.07, 6.45) is 0. The molecule has 0 bridgehead atoms. The summed E-state index contributed by atoms with van der Waals surface area (Å²) in [5.41, 5.74) is 18.9. The molecule has 9 aromatic carbocycles. The number of hydrogen-bond donors (Lipinski definition) is 0. The van der Waals surface area contributed by atoms with Crippen molar-refractivity contribution in [2.45, 2.75) is 38.5 Å². The number of thiophene rings is 1. The van der Waals surface area contributed by atoms with Crippen molar-refractivity contribution in [3.05, 3.63) is 210 Å². The van der Waals surface area contributed by atoms with E-state index in [1.54, 1.807) is 0 Å². The molecule has 1 aromatic heterocycles. The van der Waals surface area contributed by atoms with Crippen molar-refractivity contribution in [3.63, 3.8) is 0 Å². The van der Waals surface area contributed by atoms with E-state index in [1.165, 1.54) is 103 Å². The van der Waals surface area contributed by atoms with Crippen molar-refractivity contribution < 1.29 is 0 Å². The Bertz CT molecular complexity index is 3370. The Morgan fingerprint density at radius 3 is 1.90 bits per heavy atom. The number of rotatable bonds is 5. The second-order valence-electron chi connectivity index (χ2n) is 17.7. The minimum atomic E-state index is -0.213. The van der Waals surface area contributed by atoms with Gasteiger partial charge in [-0.2, -0.15) is 0 Å². The van der Waals surface area contributed by atoms with Gasteiger partial charge in [-0.3, -0.25) is 0 Å². The Morgan fingerprint density at radius 1 is 0.400 bits per heavy atom. The van der Waals surface area contributed by atoms with E-state index in [2.05, 4.69) is 221 Å². The van der Waals surface area contributed by atoms with Crippen molar-refractivity contribution in [3.8, 4) is 44.5 Å². The Kier molecular flexibility index (Phi) is 7.56. The molecule has 2 aliphatic carbocycles. The smallest absolute Gasteiger partial charge is 0.0549 e.